The van der Waals surface area contributed by atoms with Gasteiger partial charge in [0.25, 0.3) is 0 Å². The normalized spacial score (nSPS) is 11.0. The van der Waals surface area contributed by atoms with E-state index in [1.165, 1.54) is 0 Å². The van der Waals surface area contributed by atoms with Gasteiger partial charge in [-0.1, -0.05) is 0 Å². The van der Waals surface area contributed by atoms with Gasteiger partial charge in [0.05, 0.1) is 5.39 Å². The summed E-state index contributed by atoms with van der Waals surface area (Å²) in [5.74, 6) is 1.60. The van der Waals surface area contributed by atoms with Gasteiger partial charge in [0.15, 0.2) is 5.65 Å². The van der Waals surface area contributed by atoms with Gasteiger partial charge in [0, 0.05) is 31.7 Å². The number of nitrogens with zero attached hydrogens (tertiary/aromatic N) is 6. The fraction of sp³-hybridized carbons (Fsp3) is 0.308. The third-order valence-corrected chi connectivity index (χ3v) is 4.58. The molecule has 9 heteroatoms. The van der Waals surface area contributed by atoms with Crippen LogP contribution in [0.25, 0.3) is 11.0 Å². The van der Waals surface area contributed by atoms with Crippen molar-refractivity contribution in [3.05, 3.63) is 29.4 Å². The van der Waals surface area contributed by atoms with Crippen molar-refractivity contribution in [2.24, 2.45) is 7.05 Å². The number of aryl methyl sites for hydroxylation is 1. The lowest BCUT2D eigenvalue weighted by molar-refractivity contribution is 0.777. The Hall–Kier alpha value is -1.74. The first-order chi connectivity index (χ1) is 10.8. The van der Waals surface area contributed by atoms with Crippen LogP contribution in [0.5, 0.6) is 0 Å². The minimum atomic E-state index is 0.659. The molecule has 3 aromatic heterocycles. The van der Waals surface area contributed by atoms with Crippen molar-refractivity contribution in [2.45, 2.75) is 11.4 Å². The predicted molar refractivity (Wildman–Crippen MR) is 89.9 cm³/mol. The van der Waals surface area contributed by atoms with Gasteiger partial charge in [0.2, 0.25) is 5.95 Å². The van der Waals surface area contributed by atoms with Gasteiger partial charge in [-0.2, -0.15) is 5.10 Å². The Morgan fingerprint density at radius 2 is 2.05 bits per heavy atom. The Bertz CT molecular complexity index is 762. The van der Waals surface area contributed by atoms with E-state index in [1.807, 2.05) is 7.05 Å². The van der Waals surface area contributed by atoms with Gasteiger partial charge >= 0.3 is 0 Å². The molecule has 3 aromatic rings. The van der Waals surface area contributed by atoms with Crippen LogP contribution in [0.15, 0.2) is 34.4 Å². The Morgan fingerprint density at radius 1 is 1.23 bits per heavy atom. The van der Waals surface area contributed by atoms with Crippen molar-refractivity contribution >= 4 is 44.7 Å². The number of nitrogens with one attached hydrogen (secondary N) is 1. The quantitative estimate of drug-likeness (QED) is 0.400. The molecular formula is C13H14BrN7S. The lowest BCUT2D eigenvalue weighted by atomic mass is 10.4. The van der Waals surface area contributed by atoms with E-state index in [2.05, 4.69) is 46.3 Å². The van der Waals surface area contributed by atoms with Gasteiger partial charge < -0.3 is 5.32 Å². The summed E-state index contributed by atoms with van der Waals surface area (Å²) < 4.78 is 2.53. The maximum absolute atomic E-state index is 4.36. The lowest BCUT2D eigenvalue weighted by Crippen LogP contribution is -2.05. The van der Waals surface area contributed by atoms with Gasteiger partial charge in [-0.25, -0.2) is 24.6 Å². The van der Waals surface area contributed by atoms with E-state index in [0.717, 1.165) is 39.4 Å². The highest BCUT2D eigenvalue weighted by molar-refractivity contribution is 9.10. The molecule has 0 saturated heterocycles. The van der Waals surface area contributed by atoms with Gasteiger partial charge in [0.1, 0.15) is 16.0 Å². The maximum atomic E-state index is 4.36. The third-order valence-electron chi connectivity index (χ3n) is 2.95. The SMILES string of the molecule is Cn1nc(Br)c2c(SCCCNc3ncccn3)ncnc21. The molecule has 0 aromatic carbocycles. The number of halogens is 1. The molecule has 0 saturated carbocycles. The molecule has 0 amide bonds. The van der Waals surface area contributed by atoms with Crippen molar-refractivity contribution in [3.63, 3.8) is 0 Å². The van der Waals surface area contributed by atoms with E-state index in [4.69, 9.17) is 0 Å². The average Bonchev–Trinajstić information content (AvgIpc) is 2.83. The van der Waals surface area contributed by atoms with Crippen LogP contribution >= 0.6 is 27.7 Å². The first-order valence-electron chi connectivity index (χ1n) is 6.72. The largest absolute Gasteiger partial charge is 0.354 e. The number of rotatable bonds is 6. The highest BCUT2D eigenvalue weighted by atomic mass is 79.9. The molecule has 1 N–H and O–H groups in total. The molecule has 0 aliphatic heterocycles. The summed E-state index contributed by atoms with van der Waals surface area (Å²) in [5.41, 5.74) is 0.834. The second kappa shape index (κ2) is 7.01. The van der Waals surface area contributed by atoms with Crippen LogP contribution in [-0.4, -0.2) is 42.0 Å². The molecule has 0 fully saturated rings. The standard InChI is InChI=1S/C13H14BrN7S/c1-21-11-9(10(14)20-21)12(19-8-18-11)22-7-3-6-17-13-15-4-2-5-16-13/h2,4-5,8H,3,6-7H2,1H3,(H,15,16,17). The van der Waals surface area contributed by atoms with Crippen LogP contribution in [0.4, 0.5) is 5.95 Å². The van der Waals surface area contributed by atoms with Crippen LogP contribution in [0.1, 0.15) is 6.42 Å². The summed E-state index contributed by atoms with van der Waals surface area (Å²) in [6, 6.07) is 1.80. The summed E-state index contributed by atoms with van der Waals surface area (Å²) in [5, 5.41) is 9.43. The summed E-state index contributed by atoms with van der Waals surface area (Å²) >= 11 is 5.16. The van der Waals surface area contributed by atoms with Crippen LogP contribution in [0.3, 0.4) is 0 Å². The summed E-state index contributed by atoms with van der Waals surface area (Å²) in [6.07, 6.45) is 6.00. The molecule has 3 heterocycles. The van der Waals surface area contributed by atoms with E-state index < -0.39 is 0 Å². The van der Waals surface area contributed by atoms with Crippen LogP contribution in [0, 0.1) is 0 Å². The molecule has 3 rings (SSSR count). The van der Waals surface area contributed by atoms with Crippen molar-refractivity contribution in [2.75, 3.05) is 17.6 Å². The number of hydrogen-bond donors (Lipinski definition) is 1. The first kappa shape index (κ1) is 15.2. The van der Waals surface area contributed by atoms with E-state index >= 15 is 0 Å². The molecule has 0 unspecified atom stereocenters. The van der Waals surface area contributed by atoms with E-state index in [9.17, 15) is 0 Å². The highest BCUT2D eigenvalue weighted by Gasteiger charge is 2.13. The molecule has 0 atom stereocenters. The molecule has 0 aliphatic rings. The van der Waals surface area contributed by atoms with Crippen LogP contribution < -0.4 is 5.32 Å². The molecule has 0 radical (unpaired) electrons. The van der Waals surface area contributed by atoms with Gasteiger partial charge in [-0.15, -0.1) is 11.8 Å². The number of anilines is 1. The molecule has 0 spiro atoms. The fourth-order valence-corrected chi connectivity index (χ4v) is 3.63. The zero-order valence-electron chi connectivity index (χ0n) is 11.9. The van der Waals surface area contributed by atoms with Crippen molar-refractivity contribution in [1.29, 1.82) is 0 Å². The monoisotopic (exact) mass is 379 g/mol. The number of hydrogen-bond acceptors (Lipinski definition) is 7. The third kappa shape index (κ3) is 3.36. The maximum Gasteiger partial charge on any atom is 0.222 e. The van der Waals surface area contributed by atoms with Gasteiger partial charge in [-0.3, -0.25) is 0 Å². The first-order valence-corrected chi connectivity index (χ1v) is 8.50. The topological polar surface area (TPSA) is 81.4 Å². The molecule has 0 aliphatic carbocycles. The smallest absolute Gasteiger partial charge is 0.222 e. The minimum absolute atomic E-state index is 0.659. The predicted octanol–water partition coefficient (Wildman–Crippen LogP) is 2.51. The number of aromatic nitrogens is 6. The van der Waals surface area contributed by atoms with Crippen LogP contribution in [0.2, 0.25) is 0 Å². The second-order valence-electron chi connectivity index (χ2n) is 4.49. The summed E-state index contributed by atoms with van der Waals surface area (Å²) in [7, 11) is 1.87. The Kier molecular flexibility index (Phi) is 4.84. The molecular weight excluding hydrogens is 366 g/mol. The molecule has 7 nitrogen and oxygen atoms in total. The Morgan fingerprint density at radius 3 is 2.86 bits per heavy atom. The molecule has 22 heavy (non-hydrogen) atoms. The molecule has 0 bridgehead atoms. The number of thioether (sulfide) groups is 1. The zero-order chi connectivity index (χ0) is 15.4. The lowest BCUT2D eigenvalue weighted by Gasteiger charge is -2.04. The second-order valence-corrected chi connectivity index (χ2v) is 6.33. The van der Waals surface area contributed by atoms with E-state index in [-0.39, 0.29) is 0 Å². The Labute approximate surface area is 140 Å². The zero-order valence-corrected chi connectivity index (χ0v) is 14.3. The van der Waals surface area contributed by atoms with Gasteiger partial charge in [-0.05, 0) is 28.4 Å². The minimum Gasteiger partial charge on any atom is -0.354 e. The summed E-state index contributed by atoms with van der Waals surface area (Å²) in [6.45, 7) is 0.819. The van der Waals surface area contributed by atoms with Crippen molar-refractivity contribution in [1.82, 2.24) is 29.7 Å². The highest BCUT2D eigenvalue weighted by Crippen LogP contribution is 2.30. The fourth-order valence-electron chi connectivity index (χ4n) is 1.96. The van der Waals surface area contributed by atoms with Crippen LogP contribution in [-0.2, 0) is 7.05 Å². The summed E-state index contributed by atoms with van der Waals surface area (Å²) in [4.78, 5) is 16.9. The average molecular weight is 380 g/mol. The Balaban J connectivity index is 1.56. The molecule has 114 valence electrons. The van der Waals surface area contributed by atoms with E-state index in [1.54, 1.807) is 41.2 Å². The number of fused-ring (bicyclic) bond motifs is 1. The van der Waals surface area contributed by atoms with Crippen molar-refractivity contribution < 1.29 is 0 Å². The van der Waals surface area contributed by atoms with Crippen molar-refractivity contribution in [3.8, 4) is 0 Å². The van der Waals surface area contributed by atoms with E-state index in [0.29, 0.717) is 5.95 Å².